The predicted octanol–water partition coefficient (Wildman–Crippen LogP) is 0.662. The Bertz CT molecular complexity index is 729. The summed E-state index contributed by atoms with van der Waals surface area (Å²) in [6.45, 7) is 2.91. The number of carbonyl (C=O) groups is 1. The highest BCUT2D eigenvalue weighted by atomic mass is 32.1. The minimum Gasteiger partial charge on any atom is -0.391 e. The van der Waals surface area contributed by atoms with Gasteiger partial charge in [0.2, 0.25) is 5.91 Å². The second kappa shape index (κ2) is 6.27. The summed E-state index contributed by atoms with van der Waals surface area (Å²) in [5.41, 5.74) is 0. The van der Waals surface area contributed by atoms with Crippen molar-refractivity contribution in [1.82, 2.24) is 24.6 Å². The second-order valence-electron chi connectivity index (χ2n) is 6.57. The standard InChI is InChI=1S/C16H21N5O2S/c1-19-4-5-20-14(10-19)17-18-16(20)13-7-11(22)9-21(13)15(23)8-12-3-2-6-24-12/h2-3,6,11,13,22H,4-5,7-10H2,1H3/t11-,13-/m0/s1. The molecule has 2 aliphatic rings. The van der Waals surface area contributed by atoms with E-state index in [1.807, 2.05) is 17.5 Å². The number of hydrogen-bond donors (Lipinski definition) is 1. The summed E-state index contributed by atoms with van der Waals surface area (Å²) in [7, 11) is 2.06. The number of amides is 1. The van der Waals surface area contributed by atoms with E-state index in [1.54, 1.807) is 16.2 Å². The topological polar surface area (TPSA) is 74.5 Å². The smallest absolute Gasteiger partial charge is 0.228 e. The predicted molar refractivity (Wildman–Crippen MR) is 89.5 cm³/mol. The van der Waals surface area contributed by atoms with Crippen LogP contribution in [0.3, 0.4) is 0 Å². The molecule has 1 amide bonds. The summed E-state index contributed by atoms with van der Waals surface area (Å²) < 4.78 is 2.12. The van der Waals surface area contributed by atoms with Crippen LogP contribution in [0.2, 0.25) is 0 Å². The van der Waals surface area contributed by atoms with E-state index < -0.39 is 6.10 Å². The van der Waals surface area contributed by atoms with Gasteiger partial charge in [-0.3, -0.25) is 9.69 Å². The van der Waals surface area contributed by atoms with Crippen molar-refractivity contribution in [2.45, 2.75) is 38.1 Å². The number of hydrogen-bond acceptors (Lipinski definition) is 6. The number of fused-ring (bicyclic) bond motifs is 1. The van der Waals surface area contributed by atoms with E-state index >= 15 is 0 Å². The molecule has 4 heterocycles. The molecular formula is C16H21N5O2S. The minimum atomic E-state index is -0.499. The number of rotatable bonds is 3. The second-order valence-corrected chi connectivity index (χ2v) is 7.60. The van der Waals surface area contributed by atoms with Crippen LogP contribution < -0.4 is 0 Å². The Labute approximate surface area is 144 Å². The minimum absolute atomic E-state index is 0.0456. The highest BCUT2D eigenvalue weighted by Crippen LogP contribution is 2.33. The van der Waals surface area contributed by atoms with E-state index in [0.29, 0.717) is 19.4 Å². The molecule has 0 radical (unpaired) electrons. The van der Waals surface area contributed by atoms with Gasteiger partial charge < -0.3 is 14.6 Å². The van der Waals surface area contributed by atoms with Crippen molar-refractivity contribution < 1.29 is 9.90 Å². The van der Waals surface area contributed by atoms with Crippen LogP contribution >= 0.6 is 11.3 Å². The number of likely N-dealkylation sites (N-methyl/N-ethyl adjacent to an activating group) is 1. The van der Waals surface area contributed by atoms with Crippen molar-refractivity contribution in [1.29, 1.82) is 0 Å². The molecular weight excluding hydrogens is 326 g/mol. The summed E-state index contributed by atoms with van der Waals surface area (Å²) in [6.07, 6.45) is 0.413. The molecule has 2 aromatic heterocycles. The van der Waals surface area contributed by atoms with Gasteiger partial charge >= 0.3 is 0 Å². The van der Waals surface area contributed by atoms with Crippen LogP contribution in [0.4, 0.5) is 0 Å². The zero-order valence-corrected chi connectivity index (χ0v) is 14.4. The molecule has 0 unspecified atom stereocenters. The van der Waals surface area contributed by atoms with E-state index in [2.05, 4.69) is 26.7 Å². The maximum atomic E-state index is 12.7. The van der Waals surface area contributed by atoms with E-state index in [4.69, 9.17) is 0 Å². The Morgan fingerprint density at radius 1 is 1.42 bits per heavy atom. The number of thiophene rings is 1. The highest BCUT2D eigenvalue weighted by molar-refractivity contribution is 7.10. The largest absolute Gasteiger partial charge is 0.391 e. The zero-order valence-electron chi connectivity index (χ0n) is 13.6. The number of likely N-dealkylation sites (tertiary alicyclic amines) is 1. The third kappa shape index (κ3) is 2.85. The molecule has 24 heavy (non-hydrogen) atoms. The lowest BCUT2D eigenvalue weighted by Gasteiger charge is -2.27. The Balaban J connectivity index is 1.58. The highest BCUT2D eigenvalue weighted by Gasteiger charge is 2.39. The number of β-amino-alcohol motifs (C(OH)–C–C–N with tert-alkyl or cyclic N) is 1. The molecule has 0 aromatic carbocycles. The van der Waals surface area contributed by atoms with Crippen LogP contribution in [-0.2, 0) is 24.3 Å². The summed E-state index contributed by atoms with van der Waals surface area (Å²) in [5.74, 6) is 1.80. The van der Waals surface area contributed by atoms with Gasteiger partial charge in [0.05, 0.1) is 25.1 Å². The quantitative estimate of drug-likeness (QED) is 0.883. The number of nitrogens with zero attached hydrogens (tertiary/aromatic N) is 5. The van der Waals surface area contributed by atoms with Crippen molar-refractivity contribution >= 4 is 17.2 Å². The Morgan fingerprint density at radius 2 is 2.29 bits per heavy atom. The Hall–Kier alpha value is -1.77. The van der Waals surface area contributed by atoms with Crippen molar-refractivity contribution in [3.8, 4) is 0 Å². The van der Waals surface area contributed by atoms with Crippen LogP contribution in [0, 0.1) is 0 Å². The lowest BCUT2D eigenvalue weighted by molar-refractivity contribution is -0.131. The molecule has 1 saturated heterocycles. The first-order valence-electron chi connectivity index (χ1n) is 8.22. The van der Waals surface area contributed by atoms with Crippen molar-refractivity contribution in [3.63, 3.8) is 0 Å². The van der Waals surface area contributed by atoms with Gasteiger partial charge in [-0.1, -0.05) is 6.07 Å². The molecule has 2 aliphatic heterocycles. The molecule has 4 rings (SSSR count). The fraction of sp³-hybridized carbons (Fsp3) is 0.562. The summed E-state index contributed by atoms with van der Waals surface area (Å²) in [5, 5.41) is 20.8. The molecule has 0 bridgehead atoms. The Morgan fingerprint density at radius 3 is 3.08 bits per heavy atom. The number of carbonyl (C=O) groups excluding carboxylic acids is 1. The molecule has 1 fully saturated rings. The summed E-state index contributed by atoms with van der Waals surface area (Å²) >= 11 is 1.58. The van der Waals surface area contributed by atoms with E-state index in [0.717, 1.165) is 36.2 Å². The van der Waals surface area contributed by atoms with E-state index in [9.17, 15) is 9.90 Å². The van der Waals surface area contributed by atoms with Gasteiger partial charge in [0, 0.05) is 30.9 Å². The number of aromatic nitrogens is 3. The van der Waals surface area contributed by atoms with Gasteiger partial charge in [-0.15, -0.1) is 21.5 Å². The van der Waals surface area contributed by atoms with E-state index in [1.165, 1.54) is 0 Å². The van der Waals surface area contributed by atoms with E-state index in [-0.39, 0.29) is 11.9 Å². The first-order chi connectivity index (χ1) is 11.6. The molecule has 2 aromatic rings. The van der Waals surface area contributed by atoms with Gasteiger partial charge in [-0.25, -0.2) is 0 Å². The molecule has 0 saturated carbocycles. The first-order valence-corrected chi connectivity index (χ1v) is 9.10. The molecule has 8 heteroatoms. The lowest BCUT2D eigenvalue weighted by atomic mass is 10.1. The molecule has 0 aliphatic carbocycles. The van der Waals surface area contributed by atoms with Gasteiger partial charge in [-0.2, -0.15) is 0 Å². The van der Waals surface area contributed by atoms with Gasteiger partial charge in [0.15, 0.2) is 5.82 Å². The van der Waals surface area contributed by atoms with Crippen LogP contribution in [0.15, 0.2) is 17.5 Å². The number of aliphatic hydroxyl groups excluding tert-OH is 1. The van der Waals surface area contributed by atoms with Crippen molar-refractivity contribution in [2.75, 3.05) is 20.1 Å². The van der Waals surface area contributed by atoms with Gasteiger partial charge in [0.1, 0.15) is 5.82 Å². The lowest BCUT2D eigenvalue weighted by Crippen LogP contribution is -2.36. The third-order valence-corrected chi connectivity index (χ3v) is 5.65. The summed E-state index contributed by atoms with van der Waals surface area (Å²) in [4.78, 5) is 17.8. The monoisotopic (exact) mass is 347 g/mol. The van der Waals surface area contributed by atoms with Crippen LogP contribution in [0.5, 0.6) is 0 Å². The average Bonchev–Trinajstić information content (AvgIpc) is 3.26. The van der Waals surface area contributed by atoms with Gasteiger partial charge in [-0.05, 0) is 18.5 Å². The fourth-order valence-corrected chi connectivity index (χ4v) is 4.24. The molecule has 2 atom stereocenters. The third-order valence-electron chi connectivity index (χ3n) is 4.78. The summed E-state index contributed by atoms with van der Waals surface area (Å²) in [6, 6.07) is 3.74. The average molecular weight is 347 g/mol. The van der Waals surface area contributed by atoms with Gasteiger partial charge in [0.25, 0.3) is 0 Å². The van der Waals surface area contributed by atoms with Crippen molar-refractivity contribution in [2.24, 2.45) is 0 Å². The normalized spacial score (nSPS) is 24.3. The molecule has 0 spiro atoms. The molecule has 1 N–H and O–H groups in total. The molecule has 7 nitrogen and oxygen atoms in total. The fourth-order valence-electron chi connectivity index (χ4n) is 3.55. The maximum absolute atomic E-state index is 12.7. The van der Waals surface area contributed by atoms with Crippen LogP contribution in [0.1, 0.15) is 29.0 Å². The maximum Gasteiger partial charge on any atom is 0.228 e. The van der Waals surface area contributed by atoms with Crippen LogP contribution in [-0.4, -0.2) is 61.8 Å². The SMILES string of the molecule is CN1CCn2c(nnc2[C@@H]2C[C@H](O)CN2C(=O)Cc2cccs2)C1. The van der Waals surface area contributed by atoms with Crippen molar-refractivity contribution in [3.05, 3.63) is 34.0 Å². The molecule has 128 valence electrons. The first kappa shape index (κ1) is 15.7. The number of aliphatic hydroxyl groups is 1. The zero-order chi connectivity index (χ0) is 16.7. The Kier molecular flexibility index (Phi) is 4.11. The van der Waals surface area contributed by atoms with Crippen LogP contribution in [0.25, 0.3) is 0 Å².